The number of aromatic nitrogens is 5. The van der Waals surface area contributed by atoms with Crippen LogP contribution in [0.1, 0.15) is 52.1 Å². The van der Waals surface area contributed by atoms with Crippen LogP contribution in [0.5, 0.6) is 46.1 Å². The van der Waals surface area contributed by atoms with Crippen molar-refractivity contribution in [1.82, 2.24) is 39.6 Å². The molecule has 3 aliphatic rings. The largest absolute Gasteiger partial charge is 0.493 e. The summed E-state index contributed by atoms with van der Waals surface area (Å²) in [6.07, 6.45) is 7.66. The van der Waals surface area contributed by atoms with Crippen LogP contribution in [0.25, 0.3) is 32.7 Å². The number of aromatic amines is 1. The second-order valence-corrected chi connectivity index (χ2v) is 18.3. The third-order valence-corrected chi connectivity index (χ3v) is 12.8. The Bertz CT molecular complexity index is 3000. The molecule has 0 atom stereocenters. The number of H-pyrrole nitrogens is 1. The lowest BCUT2D eigenvalue weighted by Gasteiger charge is -2.34. The second-order valence-electron chi connectivity index (χ2n) is 17.9. The first kappa shape index (κ1) is 49.1. The van der Waals surface area contributed by atoms with Crippen molar-refractivity contribution < 1.29 is 42.3 Å². The molecule has 3 aliphatic heterocycles. The summed E-state index contributed by atoms with van der Waals surface area (Å²) in [5, 5.41) is 5.58. The molecule has 1 amide bonds. The predicted octanol–water partition coefficient (Wildman–Crippen LogP) is 9.70. The molecular formula is C52H59ClFN9O8. The number of halogens is 2. The van der Waals surface area contributed by atoms with Crippen LogP contribution in [-0.4, -0.2) is 131 Å². The molecule has 374 valence electrons. The van der Waals surface area contributed by atoms with Gasteiger partial charge in [-0.15, -0.1) is 0 Å². The normalized spacial score (nSPS) is 15.0. The Morgan fingerprint density at radius 3 is 2.39 bits per heavy atom. The average Bonchev–Trinajstić information content (AvgIpc) is 4.02. The number of methoxy groups -OCH3 is 1. The Morgan fingerprint density at radius 2 is 1.61 bits per heavy atom. The summed E-state index contributed by atoms with van der Waals surface area (Å²) in [5.41, 5.74) is 3.47. The lowest BCUT2D eigenvalue weighted by Crippen LogP contribution is -2.48. The van der Waals surface area contributed by atoms with E-state index in [-0.39, 0.29) is 30.4 Å². The van der Waals surface area contributed by atoms with Crippen molar-refractivity contribution >= 4 is 61.7 Å². The van der Waals surface area contributed by atoms with Crippen LogP contribution in [0.15, 0.2) is 67.3 Å². The molecule has 10 rings (SSSR count). The van der Waals surface area contributed by atoms with Crippen molar-refractivity contribution in [3.63, 3.8) is 0 Å². The zero-order valence-corrected chi connectivity index (χ0v) is 41.4. The quantitative estimate of drug-likeness (QED) is 0.0877. The molecule has 6 heterocycles. The fourth-order valence-corrected chi connectivity index (χ4v) is 9.13. The Balaban J connectivity index is 0.000000176. The molecule has 4 aromatic carbocycles. The van der Waals surface area contributed by atoms with Gasteiger partial charge in [-0.3, -0.25) is 9.69 Å². The number of hydrogen-bond acceptors (Lipinski definition) is 15. The minimum atomic E-state index is -0.436. The maximum Gasteiger partial charge on any atom is 0.231 e. The van der Waals surface area contributed by atoms with E-state index in [1.807, 2.05) is 43.9 Å². The summed E-state index contributed by atoms with van der Waals surface area (Å²) in [7, 11) is 1.59. The first-order valence-electron chi connectivity index (χ1n) is 24.1. The molecule has 3 aromatic heterocycles. The molecule has 0 radical (unpaired) electrons. The number of ether oxygens (including phenoxy) is 7. The van der Waals surface area contributed by atoms with Crippen LogP contribution >= 0.6 is 11.6 Å². The van der Waals surface area contributed by atoms with Gasteiger partial charge in [-0.1, -0.05) is 18.0 Å². The van der Waals surface area contributed by atoms with Gasteiger partial charge in [0.1, 0.15) is 42.3 Å². The summed E-state index contributed by atoms with van der Waals surface area (Å²) >= 11 is 6.49. The minimum Gasteiger partial charge on any atom is -0.493 e. The van der Waals surface area contributed by atoms with Crippen molar-refractivity contribution in [1.29, 1.82) is 0 Å². The number of likely N-dealkylation sites (tertiary alicyclic amines) is 1. The zero-order valence-electron chi connectivity index (χ0n) is 40.7. The molecule has 19 heteroatoms. The van der Waals surface area contributed by atoms with Gasteiger partial charge in [0.25, 0.3) is 0 Å². The molecule has 2 fully saturated rings. The van der Waals surface area contributed by atoms with E-state index in [0.29, 0.717) is 91.4 Å². The van der Waals surface area contributed by atoms with Crippen LogP contribution in [0.2, 0.25) is 5.02 Å². The highest BCUT2D eigenvalue weighted by Gasteiger charge is 2.24. The Hall–Kier alpha value is -6.89. The average molecular weight is 993 g/mol. The number of nitrogens with one attached hydrogen (secondary N) is 2. The van der Waals surface area contributed by atoms with Gasteiger partial charge < -0.3 is 53.3 Å². The van der Waals surface area contributed by atoms with Crippen molar-refractivity contribution in [2.75, 3.05) is 84.8 Å². The second kappa shape index (κ2) is 22.5. The molecule has 0 bridgehead atoms. The van der Waals surface area contributed by atoms with E-state index in [2.05, 4.69) is 40.0 Å². The van der Waals surface area contributed by atoms with Crippen LogP contribution in [0, 0.1) is 12.7 Å². The van der Waals surface area contributed by atoms with E-state index in [4.69, 9.17) is 44.8 Å². The predicted molar refractivity (Wildman–Crippen MR) is 270 cm³/mol. The van der Waals surface area contributed by atoms with Crippen LogP contribution < -0.4 is 38.5 Å². The Labute approximate surface area is 416 Å². The van der Waals surface area contributed by atoms with Crippen LogP contribution in [-0.2, 0) is 4.79 Å². The molecular weight excluding hydrogens is 933 g/mol. The highest BCUT2D eigenvalue weighted by atomic mass is 35.5. The number of benzene rings is 4. The number of rotatable bonds is 16. The third-order valence-electron chi connectivity index (χ3n) is 12.5. The number of aryl methyl sites for hydroxylation is 1. The van der Waals surface area contributed by atoms with Crippen molar-refractivity contribution in [2.45, 2.75) is 59.5 Å². The summed E-state index contributed by atoms with van der Waals surface area (Å²) in [6.45, 7) is 16.0. The summed E-state index contributed by atoms with van der Waals surface area (Å²) in [6, 6.07) is 16.0. The number of anilines is 2. The van der Waals surface area contributed by atoms with E-state index in [0.717, 1.165) is 56.9 Å². The van der Waals surface area contributed by atoms with E-state index >= 15 is 4.39 Å². The lowest BCUT2D eigenvalue weighted by atomic mass is 10.1. The molecule has 0 unspecified atom stereocenters. The van der Waals surface area contributed by atoms with Crippen LogP contribution in [0.4, 0.5) is 15.9 Å². The monoisotopic (exact) mass is 991 g/mol. The van der Waals surface area contributed by atoms with Crippen LogP contribution in [0.3, 0.4) is 0 Å². The molecule has 0 saturated carbocycles. The van der Waals surface area contributed by atoms with Gasteiger partial charge in [0.15, 0.2) is 34.6 Å². The number of hydrogen-bond donors (Lipinski definition) is 2. The van der Waals surface area contributed by atoms with Crippen molar-refractivity contribution in [3.8, 4) is 46.1 Å². The molecule has 2 N–H and O–H groups in total. The smallest absolute Gasteiger partial charge is 0.231 e. The molecule has 17 nitrogen and oxygen atoms in total. The Morgan fingerprint density at radius 1 is 0.817 bits per heavy atom. The molecule has 0 aliphatic carbocycles. The lowest BCUT2D eigenvalue weighted by molar-refractivity contribution is -0.130. The van der Waals surface area contributed by atoms with Gasteiger partial charge in [0.2, 0.25) is 18.6 Å². The van der Waals surface area contributed by atoms with Crippen molar-refractivity contribution in [3.05, 3.63) is 83.8 Å². The number of piperazine rings is 1. The molecule has 7 aromatic rings. The highest BCUT2D eigenvalue weighted by Crippen LogP contribution is 2.46. The van der Waals surface area contributed by atoms with Gasteiger partial charge >= 0.3 is 0 Å². The zero-order chi connectivity index (χ0) is 49.4. The number of piperidine rings is 1. The van der Waals surface area contributed by atoms with E-state index < -0.39 is 5.82 Å². The third kappa shape index (κ3) is 11.7. The number of fused-ring (bicyclic) bond motifs is 4. The first-order valence-corrected chi connectivity index (χ1v) is 24.4. The Kier molecular flexibility index (Phi) is 15.5. The maximum atomic E-state index is 15.0. The number of nitrogens with zero attached hydrogens (tertiary/aromatic N) is 7. The van der Waals surface area contributed by atoms with Gasteiger partial charge in [-0.25, -0.2) is 24.3 Å². The molecule has 0 spiro atoms. The van der Waals surface area contributed by atoms with Gasteiger partial charge in [0, 0.05) is 81.0 Å². The highest BCUT2D eigenvalue weighted by molar-refractivity contribution is 6.34. The molecule has 71 heavy (non-hydrogen) atoms. The van der Waals surface area contributed by atoms with Gasteiger partial charge in [-0.05, 0) is 89.5 Å². The fraction of sp³-hybridized carbons (Fsp3) is 0.404. The van der Waals surface area contributed by atoms with Gasteiger partial charge in [-0.2, -0.15) is 0 Å². The number of amides is 1. The standard InChI is InChI=1S/C26H30ClN5O5.C26H29FN4O3/c1-16(2)37-22-13-18(34-11-10-31-6-8-32(9-7-31)17(3)33)12-20-23(22)26(29-14-28-20)30-24-19(27)4-5-21-25(24)36-15-35-21;1-17-13-18-20(30-17)7-8-22(25(18)27)34-26-19-14-23(32-2)24(15-21(19)28-16-29-26)33-12-6-11-31-9-4-3-5-10-31/h4-5,12-14,16H,6-11,15H2,1-3H3,(H,28,29,30);7-8,13-16,30H,3-6,9-12H2,1-2H3. The van der Waals surface area contributed by atoms with E-state index in [9.17, 15) is 4.79 Å². The number of carbonyl (C=O) groups excluding carboxylic acids is 1. The maximum absolute atomic E-state index is 15.0. The topological polar surface area (TPSA) is 171 Å². The fourth-order valence-electron chi connectivity index (χ4n) is 8.93. The van der Waals surface area contributed by atoms with Crippen molar-refractivity contribution in [2.24, 2.45) is 0 Å². The summed E-state index contributed by atoms with van der Waals surface area (Å²) in [5.74, 6) is 4.16. The first-order chi connectivity index (χ1) is 34.5. The van der Waals surface area contributed by atoms with Gasteiger partial charge in [0.05, 0.1) is 46.6 Å². The summed E-state index contributed by atoms with van der Waals surface area (Å²) in [4.78, 5) is 38.9. The molecule has 2 saturated heterocycles. The SMILES string of the molecule is CC(=O)N1CCN(CCOc2cc(OC(C)C)c3c(Nc4c(Cl)ccc5c4OCO5)ncnc3c2)CC1.COc1cc2c(Oc3ccc4[nH]c(C)cc4c3F)ncnc2cc1OCCCN1CCCCC1. The summed E-state index contributed by atoms with van der Waals surface area (Å²) < 4.78 is 56.0. The minimum absolute atomic E-state index is 0.0784. The van der Waals surface area contributed by atoms with E-state index in [1.54, 1.807) is 50.4 Å². The number of carbonyl (C=O) groups is 1. The van der Waals surface area contributed by atoms with E-state index in [1.165, 1.54) is 45.0 Å².